The number of phenolic OH excluding ortho intramolecular Hbond substituents is 14. The van der Waals surface area contributed by atoms with E-state index < -0.39 is 124 Å². The molecule has 18 nitrogen and oxygen atoms in total. The van der Waals surface area contributed by atoms with E-state index >= 15 is 0 Å². The predicted octanol–water partition coefficient (Wildman–Crippen LogP) is 19.1. The SMILES string of the molecule is Oc1c(O)c(O)c2c(-c3ccc(-c4ccccc4)cc3)c3c(O)c(OOc4c(O)c(O)c5c(-c6cccc7ccccc67)c6c(O)c(O)c(O)c(O)c6c(-c6ccc7oc8c9ccccc9ccc8c7c6)c5c4O)c(O)c(O)c3c(-c3ccc4oc5c6ccccc6ccc5c4c3)c2c1O. The van der Waals surface area contributed by atoms with Crippen LogP contribution in [-0.4, -0.2) is 71.5 Å². The Morgan fingerprint density at radius 3 is 0.990 bits per heavy atom. The van der Waals surface area contributed by atoms with Gasteiger partial charge in [-0.25, -0.2) is 0 Å². The summed E-state index contributed by atoms with van der Waals surface area (Å²) in [6, 6.07) is 60.0. The van der Waals surface area contributed by atoms with Gasteiger partial charge in [0.05, 0.1) is 0 Å². The standard InChI is InChI=1S/C82H48O18/c83-65-57-53(40-23-21-36(22-24-40)35-11-2-1-3-12-35)61-59(54(58(57)66(84)74(92)73(65)91)41-27-31-51-49(33-41)47-29-25-38-14-5-8-18-44(38)79(47)97-51)69(87)77(95)81(71(61)89)99-100-82-72(90)62-55(42-28-32-52-50(34-42)48-30-26-39-15-6-9-19-45(39)80(48)98-52)60-63(68(86)76(94)75(93)67(60)85)56(64(62)70(88)78(82)96)46-20-10-16-37-13-4-7-17-43(37)46/h1-34,83-96H. The molecule has 0 radical (unpaired) electrons. The Hall–Kier alpha value is -14.3. The van der Waals surface area contributed by atoms with Crippen LogP contribution in [-0.2, 0) is 0 Å². The van der Waals surface area contributed by atoms with E-state index in [4.69, 9.17) is 18.6 Å². The molecule has 2 aromatic heterocycles. The predicted molar refractivity (Wildman–Crippen MR) is 382 cm³/mol. The number of rotatable bonds is 8. The second-order valence-corrected chi connectivity index (χ2v) is 24.6. The fourth-order valence-corrected chi connectivity index (χ4v) is 14.8. The van der Waals surface area contributed by atoms with Crippen LogP contribution >= 0.6 is 0 Å². The fraction of sp³-hybridized carbons (Fsp3) is 0. The van der Waals surface area contributed by atoms with Gasteiger partial charge in [-0.1, -0.05) is 170 Å². The summed E-state index contributed by atoms with van der Waals surface area (Å²) < 4.78 is 12.9. The van der Waals surface area contributed by atoms with Gasteiger partial charge in [0, 0.05) is 97.7 Å². The Bertz CT molecular complexity index is 6690. The average Bonchev–Trinajstić information content (AvgIpc) is 0.803. The van der Waals surface area contributed by atoms with Crippen molar-refractivity contribution in [3.05, 3.63) is 206 Å². The first-order chi connectivity index (χ1) is 48.5. The van der Waals surface area contributed by atoms with Crippen LogP contribution < -0.4 is 9.78 Å². The minimum absolute atomic E-state index is 0.110. The Morgan fingerprint density at radius 2 is 0.540 bits per heavy atom. The highest BCUT2D eigenvalue weighted by atomic mass is 17.2. The van der Waals surface area contributed by atoms with E-state index in [0.29, 0.717) is 60.2 Å². The molecule has 18 aromatic rings. The van der Waals surface area contributed by atoms with Gasteiger partial charge in [-0.3, -0.25) is 9.78 Å². The molecule has 100 heavy (non-hydrogen) atoms. The third-order valence-corrected chi connectivity index (χ3v) is 19.4. The van der Waals surface area contributed by atoms with E-state index in [9.17, 15) is 71.5 Å². The minimum Gasteiger partial charge on any atom is -0.504 e. The maximum absolute atomic E-state index is 13.3. The second kappa shape index (κ2) is 21.1. The van der Waals surface area contributed by atoms with Crippen LogP contribution in [0, 0.1) is 0 Å². The van der Waals surface area contributed by atoms with E-state index in [1.807, 2.05) is 103 Å². The highest BCUT2D eigenvalue weighted by Crippen LogP contribution is 2.66. The monoisotopic (exact) mass is 1320 g/mol. The molecule has 0 saturated heterocycles. The number of hydrogen-bond donors (Lipinski definition) is 14. The zero-order valence-electron chi connectivity index (χ0n) is 51.5. The molecule has 18 heteroatoms. The minimum atomic E-state index is -1.28. The summed E-state index contributed by atoms with van der Waals surface area (Å²) in [4.78, 5) is 11.8. The molecular formula is C82H48O18. The van der Waals surface area contributed by atoms with E-state index in [0.717, 1.165) is 27.1 Å². The summed E-state index contributed by atoms with van der Waals surface area (Å²) >= 11 is 0. The van der Waals surface area contributed by atoms with Crippen molar-refractivity contribution in [1.82, 2.24) is 0 Å². The fourth-order valence-electron chi connectivity index (χ4n) is 14.8. The molecule has 0 aliphatic rings. The smallest absolute Gasteiger partial charge is 0.266 e. The largest absolute Gasteiger partial charge is 0.504 e. The Labute approximate surface area is 560 Å². The molecule has 18 rings (SSSR count). The zero-order chi connectivity index (χ0) is 68.6. The molecule has 0 fully saturated rings. The molecule has 14 N–H and O–H groups in total. The number of benzene rings is 16. The molecule has 0 spiro atoms. The summed E-state index contributed by atoms with van der Waals surface area (Å²) in [5.41, 5.74) is 2.98. The van der Waals surface area contributed by atoms with Gasteiger partial charge in [0.25, 0.3) is 11.5 Å². The van der Waals surface area contributed by atoms with Crippen LogP contribution in [0.3, 0.4) is 0 Å². The molecule has 16 aromatic carbocycles. The molecule has 0 aliphatic heterocycles. The molecule has 484 valence electrons. The van der Waals surface area contributed by atoms with E-state index in [2.05, 4.69) is 0 Å². The third-order valence-electron chi connectivity index (χ3n) is 19.4. The van der Waals surface area contributed by atoms with E-state index in [1.54, 1.807) is 97.1 Å². The van der Waals surface area contributed by atoms with Crippen molar-refractivity contribution in [2.75, 3.05) is 0 Å². The third kappa shape index (κ3) is 8.00. The summed E-state index contributed by atoms with van der Waals surface area (Å²) in [7, 11) is 0. The van der Waals surface area contributed by atoms with Crippen molar-refractivity contribution in [2.45, 2.75) is 0 Å². The molecule has 0 aliphatic carbocycles. The van der Waals surface area contributed by atoms with E-state index in [-0.39, 0.29) is 55.3 Å². The Kier molecular flexibility index (Phi) is 12.3. The number of fused-ring (bicyclic) bond motifs is 15. The van der Waals surface area contributed by atoms with Crippen molar-refractivity contribution < 1.29 is 90.1 Å². The van der Waals surface area contributed by atoms with Crippen LogP contribution in [0.5, 0.6) is 92.0 Å². The van der Waals surface area contributed by atoms with Crippen molar-refractivity contribution >= 4 is 119 Å². The van der Waals surface area contributed by atoms with Gasteiger partial charge in [0.15, 0.2) is 46.0 Å². The van der Waals surface area contributed by atoms with Gasteiger partial charge >= 0.3 is 0 Å². The summed E-state index contributed by atoms with van der Waals surface area (Å²) in [6.45, 7) is 0. The van der Waals surface area contributed by atoms with Crippen molar-refractivity contribution in [1.29, 1.82) is 0 Å². The zero-order valence-corrected chi connectivity index (χ0v) is 51.5. The summed E-state index contributed by atoms with van der Waals surface area (Å²) in [5.74, 6) is -17.8. The quantitative estimate of drug-likeness (QED) is 0.0221. The van der Waals surface area contributed by atoms with Gasteiger partial charge in [-0.2, -0.15) is 0 Å². The number of hydrogen-bond acceptors (Lipinski definition) is 18. The van der Waals surface area contributed by atoms with Gasteiger partial charge < -0.3 is 80.3 Å². The Balaban J connectivity index is 0.915. The highest BCUT2D eigenvalue weighted by molar-refractivity contribution is 6.32. The van der Waals surface area contributed by atoms with Crippen LogP contribution in [0.4, 0.5) is 0 Å². The average molecular weight is 1320 g/mol. The molecule has 0 atom stereocenters. The maximum Gasteiger partial charge on any atom is 0.266 e. The van der Waals surface area contributed by atoms with Crippen LogP contribution in [0.15, 0.2) is 215 Å². The molecule has 0 amide bonds. The first-order valence-corrected chi connectivity index (χ1v) is 31.3. The second-order valence-electron chi connectivity index (χ2n) is 24.6. The van der Waals surface area contributed by atoms with E-state index in [1.165, 1.54) is 6.07 Å². The molecule has 0 unspecified atom stereocenters. The van der Waals surface area contributed by atoms with Crippen molar-refractivity contribution in [2.24, 2.45) is 0 Å². The van der Waals surface area contributed by atoms with Crippen molar-refractivity contribution in [3.63, 3.8) is 0 Å². The van der Waals surface area contributed by atoms with Gasteiger partial charge in [0.2, 0.25) is 34.5 Å². The topological polar surface area (TPSA) is 328 Å². The first kappa shape index (κ1) is 58.3. The first-order valence-electron chi connectivity index (χ1n) is 31.3. The summed E-state index contributed by atoms with van der Waals surface area (Å²) in [6.07, 6.45) is 0. The molecular weight excluding hydrogens is 1270 g/mol. The highest BCUT2D eigenvalue weighted by Gasteiger charge is 2.37. The van der Waals surface area contributed by atoms with Crippen LogP contribution in [0.25, 0.3) is 175 Å². The lowest BCUT2D eigenvalue weighted by atomic mass is 9.82. The van der Waals surface area contributed by atoms with Crippen LogP contribution in [0.1, 0.15) is 0 Å². The van der Waals surface area contributed by atoms with Crippen molar-refractivity contribution in [3.8, 4) is 148 Å². The van der Waals surface area contributed by atoms with Crippen LogP contribution in [0.2, 0.25) is 0 Å². The van der Waals surface area contributed by atoms with Gasteiger partial charge in [-0.05, 0) is 91.3 Å². The molecule has 0 bridgehead atoms. The van der Waals surface area contributed by atoms with Gasteiger partial charge in [0.1, 0.15) is 22.3 Å². The summed E-state index contributed by atoms with van der Waals surface area (Å²) in [5, 5.41) is 176. The maximum atomic E-state index is 13.3. The molecule has 2 heterocycles. The Morgan fingerprint density at radius 1 is 0.210 bits per heavy atom. The lowest BCUT2D eigenvalue weighted by molar-refractivity contribution is -0.106. The normalized spacial score (nSPS) is 12.0. The molecule has 0 saturated carbocycles. The van der Waals surface area contributed by atoms with Gasteiger partial charge in [-0.15, -0.1) is 0 Å². The number of aromatic hydroxyl groups is 14. The lowest BCUT2D eigenvalue weighted by Crippen LogP contribution is -2.04. The number of phenols is 14. The number of furan rings is 2. The lowest BCUT2D eigenvalue weighted by Gasteiger charge is -2.24.